The molecular formula is C17H15N3O3S. The second-order valence-corrected chi connectivity index (χ2v) is 5.96. The monoisotopic (exact) mass is 341 g/mol. The molecule has 3 rings (SSSR count). The first kappa shape index (κ1) is 16.1. The number of phenols is 1. The maximum Gasteiger partial charge on any atom is 0.350 e. The van der Waals surface area contributed by atoms with Crippen LogP contribution >= 0.6 is 11.3 Å². The first-order valence-electron chi connectivity index (χ1n) is 7.37. The van der Waals surface area contributed by atoms with Crippen molar-refractivity contribution in [3.63, 3.8) is 0 Å². The van der Waals surface area contributed by atoms with Gasteiger partial charge < -0.3 is 9.84 Å². The van der Waals surface area contributed by atoms with E-state index in [1.54, 1.807) is 19.9 Å². The van der Waals surface area contributed by atoms with E-state index < -0.39 is 5.97 Å². The highest BCUT2D eigenvalue weighted by molar-refractivity contribution is 7.17. The molecule has 0 fully saturated rings. The van der Waals surface area contributed by atoms with Crippen LogP contribution in [0.2, 0.25) is 0 Å². The number of phenolic OH excluding ortho intramolecular Hbond substituents is 1. The van der Waals surface area contributed by atoms with E-state index in [1.165, 1.54) is 0 Å². The molecule has 0 radical (unpaired) electrons. The highest BCUT2D eigenvalue weighted by Crippen LogP contribution is 2.36. The number of azo groups is 1. The summed E-state index contributed by atoms with van der Waals surface area (Å²) < 4.78 is 4.98. The van der Waals surface area contributed by atoms with E-state index in [9.17, 15) is 9.90 Å². The number of carbonyl (C=O) groups is 1. The SMILES string of the molecule is CCOC(=O)c1sc(N=Nc2c(O)ccc3ccccc23)nc1C. The number of aryl methyl sites for hydroxylation is 1. The third-order valence-electron chi connectivity index (χ3n) is 3.36. The van der Waals surface area contributed by atoms with Crippen LogP contribution in [0.3, 0.4) is 0 Å². The largest absolute Gasteiger partial charge is 0.506 e. The summed E-state index contributed by atoms with van der Waals surface area (Å²) >= 11 is 1.11. The van der Waals surface area contributed by atoms with Crippen molar-refractivity contribution in [1.82, 2.24) is 4.98 Å². The Hall–Kier alpha value is -2.80. The molecule has 0 unspecified atom stereocenters. The molecule has 0 aliphatic carbocycles. The molecular weight excluding hydrogens is 326 g/mol. The summed E-state index contributed by atoms with van der Waals surface area (Å²) in [6.07, 6.45) is 0. The molecule has 122 valence electrons. The van der Waals surface area contributed by atoms with Crippen LogP contribution in [-0.4, -0.2) is 22.7 Å². The smallest absolute Gasteiger partial charge is 0.350 e. The average molecular weight is 341 g/mol. The molecule has 1 N–H and O–H groups in total. The Bertz CT molecular complexity index is 934. The minimum atomic E-state index is -0.415. The van der Waals surface area contributed by atoms with Crippen LogP contribution in [0, 0.1) is 6.92 Å². The Labute approximate surface area is 142 Å². The molecule has 0 amide bonds. The number of rotatable bonds is 4. The van der Waals surface area contributed by atoms with Gasteiger partial charge in [0.25, 0.3) is 0 Å². The van der Waals surface area contributed by atoms with Gasteiger partial charge in [0.1, 0.15) is 16.3 Å². The van der Waals surface area contributed by atoms with E-state index in [2.05, 4.69) is 15.2 Å². The normalized spacial score (nSPS) is 11.2. The zero-order valence-corrected chi connectivity index (χ0v) is 14.0. The van der Waals surface area contributed by atoms with Crippen molar-refractivity contribution >= 4 is 38.9 Å². The molecule has 0 aliphatic heterocycles. The second-order valence-electron chi connectivity index (χ2n) is 4.99. The van der Waals surface area contributed by atoms with Crippen molar-refractivity contribution in [2.24, 2.45) is 10.2 Å². The number of hydrogen-bond donors (Lipinski definition) is 1. The lowest BCUT2D eigenvalue weighted by atomic mass is 10.1. The highest BCUT2D eigenvalue weighted by Gasteiger charge is 2.16. The number of esters is 1. The minimum absolute atomic E-state index is 0.0383. The van der Waals surface area contributed by atoms with Crippen LogP contribution in [0.1, 0.15) is 22.3 Å². The number of benzene rings is 2. The first-order valence-corrected chi connectivity index (χ1v) is 8.18. The van der Waals surface area contributed by atoms with E-state index in [0.717, 1.165) is 22.1 Å². The predicted molar refractivity (Wildman–Crippen MR) is 92.6 cm³/mol. The van der Waals surface area contributed by atoms with Gasteiger partial charge in [0.15, 0.2) is 0 Å². The Kier molecular flexibility index (Phi) is 4.52. The molecule has 0 spiro atoms. The fourth-order valence-corrected chi connectivity index (χ4v) is 3.03. The first-order chi connectivity index (χ1) is 11.6. The van der Waals surface area contributed by atoms with Crippen LogP contribution in [0.4, 0.5) is 10.8 Å². The van der Waals surface area contributed by atoms with Gasteiger partial charge in [-0.2, -0.15) is 0 Å². The van der Waals surface area contributed by atoms with Gasteiger partial charge in [-0.05, 0) is 25.3 Å². The van der Waals surface area contributed by atoms with Gasteiger partial charge in [-0.3, -0.25) is 0 Å². The van der Waals surface area contributed by atoms with Crippen LogP contribution < -0.4 is 0 Å². The number of thiazole rings is 1. The number of aromatic hydroxyl groups is 1. The summed E-state index contributed by atoms with van der Waals surface area (Å²) in [5.41, 5.74) is 0.924. The van der Waals surface area contributed by atoms with Crippen molar-refractivity contribution in [2.75, 3.05) is 6.61 Å². The number of ether oxygens (including phenoxy) is 1. The highest BCUT2D eigenvalue weighted by atomic mass is 32.1. The maximum absolute atomic E-state index is 11.8. The number of fused-ring (bicyclic) bond motifs is 1. The van der Waals surface area contributed by atoms with Crippen LogP contribution in [0.15, 0.2) is 46.6 Å². The summed E-state index contributed by atoms with van der Waals surface area (Å²) in [6.45, 7) is 3.77. The Morgan fingerprint density at radius 1 is 1.25 bits per heavy atom. The van der Waals surface area contributed by atoms with E-state index in [0.29, 0.717) is 28.0 Å². The molecule has 0 saturated heterocycles. The Morgan fingerprint density at radius 3 is 2.83 bits per heavy atom. The number of hydrogen-bond acceptors (Lipinski definition) is 7. The molecule has 0 atom stereocenters. The summed E-state index contributed by atoms with van der Waals surface area (Å²) in [5.74, 6) is -0.377. The third kappa shape index (κ3) is 3.11. The average Bonchev–Trinajstić information content (AvgIpc) is 2.95. The van der Waals surface area contributed by atoms with Gasteiger partial charge in [-0.15, -0.1) is 10.2 Å². The molecule has 0 aliphatic rings. The van der Waals surface area contributed by atoms with Gasteiger partial charge in [0, 0.05) is 5.39 Å². The van der Waals surface area contributed by atoms with E-state index in [4.69, 9.17) is 4.74 Å². The summed E-state index contributed by atoms with van der Waals surface area (Å²) in [5, 5.41) is 20.3. The topological polar surface area (TPSA) is 84.1 Å². The molecule has 7 heteroatoms. The lowest BCUT2D eigenvalue weighted by Crippen LogP contribution is -2.03. The Balaban J connectivity index is 1.96. The standard InChI is InChI=1S/C17H15N3O3S/c1-3-23-16(22)15-10(2)18-17(24-15)20-19-14-12-7-5-4-6-11(12)8-9-13(14)21/h4-9,21H,3H2,1-2H3. The van der Waals surface area contributed by atoms with Crippen LogP contribution in [0.25, 0.3) is 10.8 Å². The van der Waals surface area contributed by atoms with Crippen molar-refractivity contribution < 1.29 is 14.6 Å². The lowest BCUT2D eigenvalue weighted by molar-refractivity contribution is 0.0531. The van der Waals surface area contributed by atoms with Gasteiger partial charge >= 0.3 is 5.97 Å². The van der Waals surface area contributed by atoms with Crippen molar-refractivity contribution in [1.29, 1.82) is 0 Å². The fraction of sp³-hybridized carbons (Fsp3) is 0.176. The molecule has 0 bridgehead atoms. The summed E-state index contributed by atoms with van der Waals surface area (Å²) in [7, 11) is 0. The quantitative estimate of drug-likeness (QED) is 0.540. The fourth-order valence-electron chi connectivity index (χ4n) is 2.25. The van der Waals surface area contributed by atoms with Crippen molar-refractivity contribution in [3.05, 3.63) is 47.0 Å². The molecule has 1 aromatic heterocycles. The zero-order chi connectivity index (χ0) is 17.1. The molecule has 3 aromatic rings. The van der Waals surface area contributed by atoms with E-state index in [-0.39, 0.29) is 5.75 Å². The molecule has 0 saturated carbocycles. The predicted octanol–water partition coefficient (Wildman–Crippen LogP) is 4.90. The van der Waals surface area contributed by atoms with Gasteiger partial charge in [-0.25, -0.2) is 9.78 Å². The van der Waals surface area contributed by atoms with Crippen molar-refractivity contribution in [2.45, 2.75) is 13.8 Å². The molecule has 24 heavy (non-hydrogen) atoms. The number of nitrogens with zero attached hydrogens (tertiary/aromatic N) is 3. The van der Waals surface area contributed by atoms with Gasteiger partial charge in [0.2, 0.25) is 5.13 Å². The number of aromatic nitrogens is 1. The van der Waals surface area contributed by atoms with Gasteiger partial charge in [-0.1, -0.05) is 41.7 Å². The van der Waals surface area contributed by atoms with E-state index in [1.807, 2.05) is 30.3 Å². The summed E-state index contributed by atoms with van der Waals surface area (Å²) in [4.78, 5) is 16.4. The Morgan fingerprint density at radius 2 is 2.04 bits per heavy atom. The minimum Gasteiger partial charge on any atom is -0.506 e. The molecule has 1 heterocycles. The van der Waals surface area contributed by atoms with Gasteiger partial charge in [0.05, 0.1) is 12.3 Å². The van der Waals surface area contributed by atoms with Crippen molar-refractivity contribution in [3.8, 4) is 5.75 Å². The number of carbonyl (C=O) groups excluding carboxylic acids is 1. The molecule has 6 nitrogen and oxygen atoms in total. The third-order valence-corrected chi connectivity index (χ3v) is 4.38. The van der Waals surface area contributed by atoms with Crippen LogP contribution in [-0.2, 0) is 4.74 Å². The maximum atomic E-state index is 11.8. The second kappa shape index (κ2) is 6.76. The van der Waals surface area contributed by atoms with E-state index >= 15 is 0 Å². The lowest BCUT2D eigenvalue weighted by Gasteiger charge is -2.02. The zero-order valence-electron chi connectivity index (χ0n) is 13.2. The molecule has 2 aromatic carbocycles. The van der Waals surface area contributed by atoms with Crippen LogP contribution in [0.5, 0.6) is 5.75 Å². The summed E-state index contributed by atoms with van der Waals surface area (Å²) in [6, 6.07) is 11.0.